The summed E-state index contributed by atoms with van der Waals surface area (Å²) in [6.45, 7) is -0.201. The standard InChI is InChI=1S/C22H17F3N4O5/c23-22(24,25)13-3-6-15-16(8-13)26-9-18(28-15)27-14-4-1-11(2-5-14)19(30)29-10-12(20(31)32)7-17(29)21(33)34/h1-6,8-9,12,17H,7,10H2,(H,27,28)(H,31,32)(H,33,34). The molecule has 1 saturated heterocycles. The van der Waals surface area contributed by atoms with Crippen LogP contribution in [0.3, 0.4) is 0 Å². The Kier molecular flexibility index (Phi) is 5.82. The molecule has 1 aliphatic heterocycles. The molecule has 2 aromatic carbocycles. The molecular formula is C22H17F3N4O5. The van der Waals surface area contributed by atoms with Crippen LogP contribution in [0.5, 0.6) is 0 Å². The Bertz CT molecular complexity index is 1280. The molecular weight excluding hydrogens is 457 g/mol. The highest BCUT2D eigenvalue weighted by atomic mass is 19.4. The molecule has 1 amide bonds. The van der Waals surface area contributed by atoms with E-state index in [9.17, 15) is 37.8 Å². The van der Waals surface area contributed by atoms with E-state index in [1.807, 2.05) is 0 Å². The lowest BCUT2D eigenvalue weighted by molar-refractivity contribution is -0.142. The largest absolute Gasteiger partial charge is 0.481 e. The molecule has 9 nitrogen and oxygen atoms in total. The van der Waals surface area contributed by atoms with Crippen LogP contribution in [0, 0.1) is 5.92 Å². The fourth-order valence-corrected chi connectivity index (χ4v) is 3.73. The number of benzene rings is 2. The summed E-state index contributed by atoms with van der Waals surface area (Å²) in [5.74, 6) is -3.72. The SMILES string of the molecule is O=C(O)C1CC(C(=O)O)N(C(=O)c2ccc(Nc3cnc4cc(C(F)(F)F)ccc4n3)cc2)C1. The third-order valence-corrected chi connectivity index (χ3v) is 5.47. The van der Waals surface area contributed by atoms with Crippen LogP contribution in [0.25, 0.3) is 11.0 Å². The molecule has 1 aromatic heterocycles. The van der Waals surface area contributed by atoms with E-state index in [4.69, 9.17) is 0 Å². The number of halogens is 3. The van der Waals surface area contributed by atoms with Crippen LogP contribution in [0.1, 0.15) is 22.3 Å². The molecule has 0 saturated carbocycles. The van der Waals surface area contributed by atoms with E-state index in [-0.39, 0.29) is 35.4 Å². The second-order valence-electron chi connectivity index (χ2n) is 7.74. The molecule has 0 spiro atoms. The number of carbonyl (C=O) groups is 3. The first-order chi connectivity index (χ1) is 16.0. The first kappa shape index (κ1) is 23.0. The zero-order chi connectivity index (χ0) is 24.6. The van der Waals surface area contributed by atoms with Crippen molar-refractivity contribution in [3.05, 3.63) is 59.8 Å². The summed E-state index contributed by atoms with van der Waals surface area (Å²) in [6.07, 6.45) is -3.38. The minimum Gasteiger partial charge on any atom is -0.481 e. The van der Waals surface area contributed by atoms with E-state index in [0.717, 1.165) is 17.0 Å². The van der Waals surface area contributed by atoms with Gasteiger partial charge in [0, 0.05) is 17.8 Å². The van der Waals surface area contributed by atoms with Gasteiger partial charge < -0.3 is 20.4 Å². The van der Waals surface area contributed by atoms with Gasteiger partial charge in [0.2, 0.25) is 0 Å². The summed E-state index contributed by atoms with van der Waals surface area (Å²) in [5.41, 5.74) is 0.183. The third-order valence-electron chi connectivity index (χ3n) is 5.47. The van der Waals surface area contributed by atoms with Gasteiger partial charge in [0.25, 0.3) is 5.91 Å². The van der Waals surface area contributed by atoms with E-state index in [0.29, 0.717) is 5.69 Å². The zero-order valence-electron chi connectivity index (χ0n) is 17.3. The molecule has 34 heavy (non-hydrogen) atoms. The number of fused-ring (bicyclic) bond motifs is 1. The van der Waals surface area contributed by atoms with Gasteiger partial charge in [-0.3, -0.25) is 14.6 Å². The lowest BCUT2D eigenvalue weighted by Crippen LogP contribution is -2.40. The molecule has 176 valence electrons. The van der Waals surface area contributed by atoms with Crippen molar-refractivity contribution in [2.45, 2.75) is 18.6 Å². The molecule has 0 bridgehead atoms. The Balaban J connectivity index is 1.49. The number of alkyl halides is 3. The topological polar surface area (TPSA) is 133 Å². The van der Waals surface area contributed by atoms with Gasteiger partial charge in [0.15, 0.2) is 0 Å². The number of carbonyl (C=O) groups excluding carboxylic acids is 1. The number of rotatable bonds is 5. The molecule has 2 heterocycles. The van der Waals surface area contributed by atoms with E-state index in [1.165, 1.54) is 36.5 Å². The van der Waals surface area contributed by atoms with Crippen molar-refractivity contribution < 1.29 is 37.8 Å². The second-order valence-corrected chi connectivity index (χ2v) is 7.74. The van der Waals surface area contributed by atoms with Crippen molar-refractivity contribution in [3.8, 4) is 0 Å². The average Bonchev–Trinajstić information content (AvgIpc) is 3.24. The fourth-order valence-electron chi connectivity index (χ4n) is 3.73. The highest BCUT2D eigenvalue weighted by Crippen LogP contribution is 2.31. The van der Waals surface area contributed by atoms with Crippen LogP contribution in [0.4, 0.5) is 24.7 Å². The summed E-state index contributed by atoms with van der Waals surface area (Å²) < 4.78 is 38.5. The van der Waals surface area contributed by atoms with Gasteiger partial charge in [0.1, 0.15) is 11.9 Å². The highest BCUT2D eigenvalue weighted by Gasteiger charge is 2.42. The number of nitrogens with one attached hydrogen (secondary N) is 1. The summed E-state index contributed by atoms with van der Waals surface area (Å²) in [4.78, 5) is 44.8. The molecule has 3 aromatic rings. The molecule has 2 atom stereocenters. The van der Waals surface area contributed by atoms with Crippen molar-refractivity contribution in [2.24, 2.45) is 5.92 Å². The lowest BCUT2D eigenvalue weighted by atomic mass is 10.1. The van der Waals surface area contributed by atoms with Crippen LogP contribution in [-0.2, 0) is 15.8 Å². The zero-order valence-corrected chi connectivity index (χ0v) is 17.3. The summed E-state index contributed by atoms with van der Waals surface area (Å²) >= 11 is 0. The average molecular weight is 474 g/mol. The number of carboxylic acid groups (broad SMARTS) is 2. The van der Waals surface area contributed by atoms with E-state index < -0.39 is 41.5 Å². The number of likely N-dealkylation sites (tertiary alicyclic amines) is 1. The summed E-state index contributed by atoms with van der Waals surface area (Å²) in [7, 11) is 0. The number of hydrogen-bond donors (Lipinski definition) is 3. The first-order valence-corrected chi connectivity index (χ1v) is 10.0. The third kappa shape index (κ3) is 4.60. The van der Waals surface area contributed by atoms with Crippen molar-refractivity contribution in [3.63, 3.8) is 0 Å². The Labute approximate surface area is 189 Å². The Morgan fingerprint density at radius 3 is 2.32 bits per heavy atom. The number of amides is 1. The molecule has 1 fully saturated rings. The van der Waals surface area contributed by atoms with Gasteiger partial charge in [-0.2, -0.15) is 13.2 Å². The van der Waals surface area contributed by atoms with Crippen molar-refractivity contribution in [2.75, 3.05) is 11.9 Å². The quantitative estimate of drug-likeness (QED) is 0.513. The minimum atomic E-state index is -4.49. The van der Waals surface area contributed by atoms with Crippen LogP contribution in [0.2, 0.25) is 0 Å². The van der Waals surface area contributed by atoms with Gasteiger partial charge in [-0.1, -0.05) is 0 Å². The molecule has 12 heteroatoms. The minimum absolute atomic E-state index is 0.0829. The highest BCUT2D eigenvalue weighted by molar-refractivity contribution is 5.98. The molecule has 3 N–H and O–H groups in total. The fraction of sp³-hybridized carbons (Fsp3) is 0.227. The van der Waals surface area contributed by atoms with Crippen LogP contribution in [0.15, 0.2) is 48.7 Å². The smallest absolute Gasteiger partial charge is 0.416 e. The normalized spacial score (nSPS) is 18.1. The predicted molar refractivity (Wildman–Crippen MR) is 112 cm³/mol. The predicted octanol–water partition coefficient (Wildman–Crippen LogP) is 3.39. The maximum atomic E-state index is 12.8. The van der Waals surface area contributed by atoms with Gasteiger partial charge in [0.05, 0.1) is 28.7 Å². The molecule has 2 unspecified atom stereocenters. The van der Waals surface area contributed by atoms with Crippen molar-refractivity contribution >= 4 is 40.4 Å². The van der Waals surface area contributed by atoms with E-state index in [2.05, 4.69) is 15.3 Å². The number of aliphatic carboxylic acids is 2. The number of anilines is 2. The van der Waals surface area contributed by atoms with E-state index >= 15 is 0 Å². The summed E-state index contributed by atoms with van der Waals surface area (Å²) in [5, 5.41) is 21.5. The van der Waals surface area contributed by atoms with Gasteiger partial charge in [-0.15, -0.1) is 0 Å². The van der Waals surface area contributed by atoms with Crippen LogP contribution >= 0.6 is 0 Å². The van der Waals surface area contributed by atoms with Gasteiger partial charge >= 0.3 is 18.1 Å². The Morgan fingerprint density at radius 1 is 1.00 bits per heavy atom. The number of aromatic nitrogens is 2. The molecule has 4 rings (SSSR count). The van der Waals surface area contributed by atoms with Crippen LogP contribution in [-0.4, -0.2) is 55.5 Å². The monoisotopic (exact) mass is 474 g/mol. The summed E-state index contributed by atoms with van der Waals surface area (Å²) in [6, 6.07) is 7.78. The number of hydrogen-bond acceptors (Lipinski definition) is 6. The second kappa shape index (κ2) is 8.61. The molecule has 1 aliphatic rings. The first-order valence-electron chi connectivity index (χ1n) is 10.0. The number of carboxylic acids is 2. The lowest BCUT2D eigenvalue weighted by Gasteiger charge is -2.21. The van der Waals surface area contributed by atoms with E-state index in [1.54, 1.807) is 0 Å². The van der Waals surface area contributed by atoms with Crippen molar-refractivity contribution in [1.29, 1.82) is 0 Å². The number of nitrogens with zero attached hydrogens (tertiary/aromatic N) is 3. The maximum Gasteiger partial charge on any atom is 0.416 e. The Morgan fingerprint density at radius 2 is 1.71 bits per heavy atom. The Hall–Kier alpha value is -4.22. The molecule has 0 aliphatic carbocycles. The van der Waals surface area contributed by atoms with Crippen molar-refractivity contribution in [1.82, 2.24) is 14.9 Å². The van der Waals surface area contributed by atoms with Gasteiger partial charge in [-0.25, -0.2) is 9.78 Å². The molecule has 0 radical (unpaired) electrons. The van der Waals surface area contributed by atoms with Crippen LogP contribution < -0.4 is 5.32 Å². The van der Waals surface area contributed by atoms with Gasteiger partial charge in [-0.05, 0) is 48.9 Å². The maximum absolute atomic E-state index is 12.8.